The Hall–Kier alpha value is -3.35. The van der Waals surface area contributed by atoms with Crippen LogP contribution in [-0.4, -0.2) is 29.2 Å². The second kappa shape index (κ2) is 7.26. The predicted molar refractivity (Wildman–Crippen MR) is 98.0 cm³/mol. The maximum Gasteiger partial charge on any atom is 0.323 e. The smallest absolute Gasteiger partial charge is 0.323 e. The van der Waals surface area contributed by atoms with Crippen molar-refractivity contribution in [3.63, 3.8) is 0 Å². The first-order valence-electron chi connectivity index (χ1n) is 8.07. The van der Waals surface area contributed by atoms with Crippen LogP contribution in [0.15, 0.2) is 48.8 Å². The van der Waals surface area contributed by atoms with Crippen LogP contribution in [0.5, 0.6) is 5.75 Å². The summed E-state index contributed by atoms with van der Waals surface area (Å²) < 4.78 is 11.0. The number of nitrogens with zero attached hydrogens (tertiary/aromatic N) is 1. The second-order valence-corrected chi connectivity index (χ2v) is 6.10. The van der Waals surface area contributed by atoms with Crippen LogP contribution >= 0.6 is 0 Å². The molecule has 1 aromatic heterocycles. The molecule has 0 aliphatic carbocycles. The highest BCUT2D eigenvalue weighted by Gasteiger charge is 2.29. The molecular weight excluding hydrogens is 334 g/mol. The van der Waals surface area contributed by atoms with E-state index < -0.39 is 5.60 Å². The van der Waals surface area contributed by atoms with E-state index in [1.807, 2.05) is 25.1 Å². The van der Waals surface area contributed by atoms with Crippen molar-refractivity contribution in [2.24, 2.45) is 0 Å². The number of esters is 1. The van der Waals surface area contributed by atoms with Crippen molar-refractivity contribution >= 4 is 29.5 Å². The number of carbonyl (C=O) groups excluding carboxylic acids is 2. The number of rotatable bonds is 4. The van der Waals surface area contributed by atoms with Crippen molar-refractivity contribution in [2.75, 3.05) is 17.2 Å². The van der Waals surface area contributed by atoms with Crippen LogP contribution in [0.25, 0.3) is 6.08 Å². The van der Waals surface area contributed by atoms with Crippen molar-refractivity contribution in [2.45, 2.75) is 19.4 Å². The molecule has 0 saturated carbocycles. The van der Waals surface area contributed by atoms with Crippen molar-refractivity contribution < 1.29 is 19.1 Å². The minimum atomic E-state index is -0.716. The molecule has 1 atom stereocenters. The summed E-state index contributed by atoms with van der Waals surface area (Å²) in [5.41, 5.74) is 1.39. The quantitative estimate of drug-likeness (QED) is 0.822. The van der Waals surface area contributed by atoms with Gasteiger partial charge < -0.3 is 20.1 Å². The van der Waals surface area contributed by atoms with Crippen molar-refractivity contribution in [1.82, 2.24) is 4.98 Å². The molecule has 134 valence electrons. The van der Waals surface area contributed by atoms with E-state index in [9.17, 15) is 9.59 Å². The van der Waals surface area contributed by atoms with E-state index in [1.165, 1.54) is 6.92 Å². The number of anilines is 2. The molecule has 1 aliphatic rings. The lowest BCUT2D eigenvalue weighted by Gasteiger charge is -2.31. The van der Waals surface area contributed by atoms with Gasteiger partial charge in [-0.15, -0.1) is 0 Å². The van der Waals surface area contributed by atoms with E-state index >= 15 is 0 Å². The standard InChI is InChI=1S/C19H19N3O4/c1-13(23)25-12-19(2)8-5-14-11-16(3-4-17(14)26-19)22-18(24)21-15-6-9-20-10-7-15/h3-11H,12H2,1-2H3,(H2,20,21,22,24). The SMILES string of the molecule is CC(=O)OCC1(C)C=Cc2cc(NC(=O)Nc3ccncc3)ccc2O1. The first kappa shape index (κ1) is 17.5. The lowest BCUT2D eigenvalue weighted by molar-refractivity contribution is -0.145. The normalized spacial score (nSPS) is 17.6. The van der Waals surface area contributed by atoms with Gasteiger partial charge in [0.2, 0.25) is 0 Å². The summed E-state index contributed by atoms with van der Waals surface area (Å²) in [6.07, 6.45) is 6.92. The summed E-state index contributed by atoms with van der Waals surface area (Å²) in [5.74, 6) is 0.302. The summed E-state index contributed by atoms with van der Waals surface area (Å²) in [7, 11) is 0. The first-order valence-corrected chi connectivity index (χ1v) is 8.07. The van der Waals surface area contributed by atoms with E-state index in [4.69, 9.17) is 9.47 Å². The molecule has 2 N–H and O–H groups in total. The number of urea groups is 1. The van der Waals surface area contributed by atoms with Crippen molar-refractivity contribution in [3.8, 4) is 5.75 Å². The number of ether oxygens (including phenoxy) is 2. The van der Waals surface area contributed by atoms with Gasteiger partial charge >= 0.3 is 12.0 Å². The van der Waals surface area contributed by atoms with Gasteiger partial charge in [-0.3, -0.25) is 9.78 Å². The Morgan fingerprint density at radius 3 is 2.62 bits per heavy atom. The molecule has 3 rings (SSSR count). The molecule has 2 amide bonds. The highest BCUT2D eigenvalue weighted by atomic mass is 16.6. The summed E-state index contributed by atoms with van der Waals surface area (Å²) >= 11 is 0. The Kier molecular flexibility index (Phi) is 4.88. The minimum absolute atomic E-state index is 0.132. The van der Waals surface area contributed by atoms with Gasteiger partial charge in [-0.2, -0.15) is 0 Å². The van der Waals surface area contributed by atoms with E-state index in [1.54, 1.807) is 36.7 Å². The zero-order valence-electron chi connectivity index (χ0n) is 14.5. The van der Waals surface area contributed by atoms with Crippen LogP contribution < -0.4 is 15.4 Å². The molecule has 0 spiro atoms. The van der Waals surface area contributed by atoms with Crippen LogP contribution in [0.2, 0.25) is 0 Å². The number of carbonyl (C=O) groups is 2. The number of hydrogen-bond donors (Lipinski definition) is 2. The van der Waals surface area contributed by atoms with Crippen LogP contribution in [0, 0.1) is 0 Å². The summed E-state index contributed by atoms with van der Waals surface area (Å²) in [5, 5.41) is 5.50. The van der Waals surface area contributed by atoms with Crippen molar-refractivity contribution in [3.05, 3.63) is 54.4 Å². The molecular formula is C19H19N3O4. The Labute approximate surface area is 151 Å². The number of nitrogens with one attached hydrogen (secondary N) is 2. The van der Waals surface area contributed by atoms with E-state index in [2.05, 4.69) is 15.6 Å². The number of aromatic nitrogens is 1. The van der Waals surface area contributed by atoms with E-state index in [-0.39, 0.29) is 18.6 Å². The van der Waals surface area contributed by atoms with Gasteiger partial charge in [0.15, 0.2) is 5.60 Å². The maximum absolute atomic E-state index is 12.1. The largest absolute Gasteiger partial charge is 0.479 e. The average molecular weight is 353 g/mol. The molecule has 0 fully saturated rings. The fourth-order valence-electron chi connectivity index (χ4n) is 2.45. The van der Waals surface area contributed by atoms with Crippen molar-refractivity contribution in [1.29, 1.82) is 0 Å². The zero-order valence-corrected chi connectivity index (χ0v) is 14.5. The molecule has 1 unspecified atom stereocenters. The Balaban J connectivity index is 1.66. The van der Waals surface area contributed by atoms with Gasteiger partial charge in [-0.05, 0) is 43.3 Å². The van der Waals surface area contributed by atoms with Gasteiger partial charge in [0.05, 0.1) is 0 Å². The van der Waals surface area contributed by atoms with E-state index in [0.29, 0.717) is 17.1 Å². The second-order valence-electron chi connectivity index (χ2n) is 6.10. The third-order valence-electron chi connectivity index (χ3n) is 3.73. The van der Waals surface area contributed by atoms with Gasteiger partial charge in [0, 0.05) is 36.3 Å². The highest BCUT2D eigenvalue weighted by molar-refractivity contribution is 5.99. The fourth-order valence-corrected chi connectivity index (χ4v) is 2.45. The molecule has 7 heteroatoms. The Bertz CT molecular complexity index is 851. The van der Waals surface area contributed by atoms with Gasteiger partial charge in [-0.25, -0.2) is 4.79 Å². The number of amides is 2. The van der Waals surface area contributed by atoms with E-state index in [0.717, 1.165) is 5.56 Å². The van der Waals surface area contributed by atoms with Crippen LogP contribution in [-0.2, 0) is 9.53 Å². The van der Waals surface area contributed by atoms with Gasteiger partial charge in [-0.1, -0.05) is 6.08 Å². The number of benzene rings is 1. The Morgan fingerprint density at radius 2 is 1.88 bits per heavy atom. The molecule has 0 saturated heterocycles. The number of hydrogen-bond acceptors (Lipinski definition) is 5. The molecule has 2 aromatic rings. The molecule has 1 aromatic carbocycles. The van der Waals surface area contributed by atoms with Crippen LogP contribution in [0.3, 0.4) is 0 Å². The average Bonchev–Trinajstić information content (AvgIpc) is 2.61. The van der Waals surface area contributed by atoms with Gasteiger partial charge in [0.25, 0.3) is 0 Å². The lowest BCUT2D eigenvalue weighted by atomic mass is 10.0. The fraction of sp³-hybridized carbons (Fsp3) is 0.211. The first-order chi connectivity index (χ1) is 12.4. The van der Waals surface area contributed by atoms with Gasteiger partial charge in [0.1, 0.15) is 12.4 Å². The molecule has 0 radical (unpaired) electrons. The summed E-state index contributed by atoms with van der Waals surface area (Å²) in [6, 6.07) is 8.38. The Morgan fingerprint density at radius 1 is 1.15 bits per heavy atom. The lowest BCUT2D eigenvalue weighted by Crippen LogP contribution is -2.37. The van der Waals surface area contributed by atoms with Crippen LogP contribution in [0.1, 0.15) is 19.4 Å². The highest BCUT2D eigenvalue weighted by Crippen LogP contribution is 2.33. The monoisotopic (exact) mass is 353 g/mol. The third-order valence-corrected chi connectivity index (χ3v) is 3.73. The molecule has 2 heterocycles. The minimum Gasteiger partial charge on any atom is -0.479 e. The topological polar surface area (TPSA) is 89.5 Å². The number of fused-ring (bicyclic) bond motifs is 1. The predicted octanol–water partition coefficient (Wildman–Crippen LogP) is 3.45. The molecule has 26 heavy (non-hydrogen) atoms. The molecule has 1 aliphatic heterocycles. The molecule has 0 bridgehead atoms. The maximum atomic E-state index is 12.1. The summed E-state index contributed by atoms with van der Waals surface area (Å²) in [6.45, 7) is 3.33. The van der Waals surface area contributed by atoms with Crippen LogP contribution in [0.4, 0.5) is 16.2 Å². The third kappa shape index (κ3) is 4.38. The number of pyridine rings is 1. The zero-order chi connectivity index (χ0) is 18.6. The molecule has 7 nitrogen and oxygen atoms in total. The summed E-state index contributed by atoms with van der Waals surface area (Å²) in [4.78, 5) is 27.0.